The summed E-state index contributed by atoms with van der Waals surface area (Å²) in [5, 5.41) is 1.22. The van der Waals surface area contributed by atoms with E-state index in [2.05, 4.69) is 13.8 Å². The van der Waals surface area contributed by atoms with E-state index < -0.39 is 0 Å². The maximum absolute atomic E-state index is 5.22. The van der Waals surface area contributed by atoms with Crippen molar-refractivity contribution in [1.29, 1.82) is 0 Å². The van der Waals surface area contributed by atoms with Gasteiger partial charge < -0.3 is 3.79 Å². The highest BCUT2D eigenvalue weighted by molar-refractivity contribution is 6.26. The smallest absolute Gasteiger partial charge is 0.423 e. The topological polar surface area (TPSA) is 9.23 Å². The van der Waals surface area contributed by atoms with Gasteiger partial charge in [0.25, 0.3) is 0 Å². The van der Waals surface area contributed by atoms with E-state index in [1.165, 1.54) is 5.28 Å². The van der Waals surface area contributed by atoms with Crippen molar-refractivity contribution in [3.63, 3.8) is 0 Å². The molecule has 0 rings (SSSR count). The molecule has 0 aliphatic heterocycles. The second-order valence-electron chi connectivity index (χ2n) is 1.45. The van der Waals surface area contributed by atoms with Gasteiger partial charge in [-0.05, 0) is 6.42 Å². The van der Waals surface area contributed by atoms with E-state index in [9.17, 15) is 0 Å². The van der Waals surface area contributed by atoms with Crippen LogP contribution >= 0.6 is 0 Å². The van der Waals surface area contributed by atoms with Crippen molar-refractivity contribution >= 4 is 15.6 Å². The molecule has 0 spiro atoms. The molecule has 0 atom stereocenters. The third-order valence-electron chi connectivity index (χ3n) is 0.606. The molecule has 0 amide bonds. The van der Waals surface area contributed by atoms with Gasteiger partial charge in [-0.25, -0.2) is 0 Å². The van der Waals surface area contributed by atoms with Gasteiger partial charge in [-0.1, -0.05) is 19.1 Å². The lowest BCUT2D eigenvalue weighted by Gasteiger charge is -1.94. The zero-order valence-corrected chi connectivity index (χ0v) is 6.26. The highest BCUT2D eigenvalue weighted by atomic mass is 27.1. The Morgan fingerprint density at radius 2 is 2.14 bits per heavy atom. The largest absolute Gasteiger partial charge is 0.507 e. The molecule has 0 saturated carbocycles. The van der Waals surface area contributed by atoms with Crippen LogP contribution in [0.2, 0.25) is 5.28 Å². The van der Waals surface area contributed by atoms with Crippen LogP contribution in [0.15, 0.2) is 0 Å². The first kappa shape index (κ1) is 7.49. The van der Waals surface area contributed by atoms with Crippen molar-refractivity contribution in [3.05, 3.63) is 0 Å². The van der Waals surface area contributed by atoms with Crippen LogP contribution in [0.4, 0.5) is 0 Å². The predicted octanol–water partition coefficient (Wildman–Crippen LogP) is 1.47. The zero-order valence-electron chi connectivity index (χ0n) is 5.11. The molecule has 0 heterocycles. The van der Waals surface area contributed by atoms with Gasteiger partial charge in [-0.15, -0.1) is 0 Å². The van der Waals surface area contributed by atoms with E-state index in [0.717, 1.165) is 13.0 Å². The molecule has 0 aliphatic rings. The molecule has 41 valence electrons. The van der Waals surface area contributed by atoms with Crippen LogP contribution in [0.1, 0.15) is 20.3 Å². The van der Waals surface area contributed by atoms with Crippen molar-refractivity contribution in [2.24, 2.45) is 0 Å². The van der Waals surface area contributed by atoms with Gasteiger partial charge in [0.2, 0.25) is 0 Å². The SMILES string of the molecule is CCC[O][Al][CH2]C. The molecule has 0 aromatic carbocycles. The van der Waals surface area contributed by atoms with Crippen LogP contribution in [-0.4, -0.2) is 22.2 Å². The van der Waals surface area contributed by atoms with E-state index in [1.807, 2.05) is 0 Å². The quantitative estimate of drug-likeness (QED) is 0.398. The van der Waals surface area contributed by atoms with Crippen molar-refractivity contribution in [1.82, 2.24) is 0 Å². The summed E-state index contributed by atoms with van der Waals surface area (Å²) in [7, 11) is 0. The van der Waals surface area contributed by atoms with Crippen LogP contribution in [-0.2, 0) is 3.79 Å². The monoisotopic (exact) mass is 115 g/mol. The van der Waals surface area contributed by atoms with Crippen molar-refractivity contribution < 1.29 is 3.79 Å². The third kappa shape index (κ3) is 6.49. The van der Waals surface area contributed by atoms with Gasteiger partial charge >= 0.3 is 15.6 Å². The molecule has 0 fully saturated rings. The van der Waals surface area contributed by atoms with Crippen LogP contribution in [0.5, 0.6) is 0 Å². The van der Waals surface area contributed by atoms with Gasteiger partial charge in [0.15, 0.2) is 0 Å². The Kier molecular flexibility index (Phi) is 6.95. The fraction of sp³-hybridized carbons (Fsp3) is 1.00. The molecule has 0 saturated heterocycles. The Hall–Kier alpha value is 0.492. The first-order valence-electron chi connectivity index (χ1n) is 2.85. The summed E-state index contributed by atoms with van der Waals surface area (Å²) < 4.78 is 5.22. The average Bonchev–Trinajstić information content (AvgIpc) is 1.69. The lowest BCUT2D eigenvalue weighted by molar-refractivity contribution is 0.335. The maximum atomic E-state index is 5.22. The van der Waals surface area contributed by atoms with Crippen molar-refractivity contribution in [2.45, 2.75) is 25.6 Å². The fourth-order valence-corrected chi connectivity index (χ4v) is 0.957. The van der Waals surface area contributed by atoms with Gasteiger partial charge in [0.05, 0.1) is 0 Å². The number of hydrogen-bond donors (Lipinski definition) is 0. The number of hydrogen-bond acceptors (Lipinski definition) is 1. The first-order valence-corrected chi connectivity index (χ1v) is 4.13. The van der Waals surface area contributed by atoms with Crippen LogP contribution < -0.4 is 0 Å². The molecule has 0 aromatic rings. The second kappa shape index (κ2) is 6.49. The highest BCUT2D eigenvalue weighted by Gasteiger charge is 1.84. The van der Waals surface area contributed by atoms with Crippen LogP contribution in [0.3, 0.4) is 0 Å². The summed E-state index contributed by atoms with van der Waals surface area (Å²) in [6, 6.07) is 0. The van der Waals surface area contributed by atoms with Crippen LogP contribution in [0, 0.1) is 0 Å². The Labute approximate surface area is 52.1 Å². The summed E-state index contributed by atoms with van der Waals surface area (Å²) in [6.45, 7) is 5.25. The van der Waals surface area contributed by atoms with E-state index in [-0.39, 0.29) is 0 Å². The summed E-state index contributed by atoms with van der Waals surface area (Å²) in [5.74, 6) is 0. The molecule has 0 unspecified atom stereocenters. The fourth-order valence-electron chi connectivity index (χ4n) is 0.319. The Balaban J connectivity index is 2.45. The third-order valence-corrected chi connectivity index (χ3v) is 1.41. The van der Waals surface area contributed by atoms with Gasteiger partial charge in [-0.2, -0.15) is 0 Å². The minimum atomic E-state index is 0.316. The first-order chi connectivity index (χ1) is 3.41. The zero-order chi connectivity index (χ0) is 5.54. The lowest BCUT2D eigenvalue weighted by Crippen LogP contribution is -1.96. The Bertz CT molecular complexity index is 27.3. The summed E-state index contributed by atoms with van der Waals surface area (Å²) in [4.78, 5) is 0. The van der Waals surface area contributed by atoms with Gasteiger partial charge in [-0.3, -0.25) is 0 Å². The normalized spacial score (nSPS) is 8.86. The Morgan fingerprint density at radius 1 is 1.43 bits per heavy atom. The predicted molar refractivity (Wildman–Crippen MR) is 32.5 cm³/mol. The van der Waals surface area contributed by atoms with Gasteiger partial charge in [0.1, 0.15) is 0 Å². The number of rotatable bonds is 4. The molecule has 0 N–H and O–H groups in total. The molecular weight excluding hydrogens is 103 g/mol. The molecule has 0 aromatic heterocycles. The average molecular weight is 115 g/mol. The van der Waals surface area contributed by atoms with E-state index in [1.54, 1.807) is 0 Å². The minimum Gasteiger partial charge on any atom is -0.507 e. The van der Waals surface area contributed by atoms with Crippen molar-refractivity contribution in [2.75, 3.05) is 6.61 Å². The van der Waals surface area contributed by atoms with Gasteiger partial charge in [0, 0.05) is 6.61 Å². The maximum Gasteiger partial charge on any atom is 0.423 e. The standard InChI is InChI=1S/C3H7O.C2H5.Al/c1-2-3-4;1-2;/h2-3H2,1H3;1H2,2H3;/q-1;;+1. The minimum absolute atomic E-state index is 0.316. The van der Waals surface area contributed by atoms with E-state index >= 15 is 0 Å². The second-order valence-corrected chi connectivity index (χ2v) is 2.93. The summed E-state index contributed by atoms with van der Waals surface area (Å²) in [6.07, 6.45) is 1.16. The molecule has 0 bridgehead atoms. The Morgan fingerprint density at radius 3 is 2.57 bits per heavy atom. The molecule has 1 radical (unpaired) electrons. The molecule has 1 nitrogen and oxygen atoms in total. The van der Waals surface area contributed by atoms with Crippen molar-refractivity contribution in [3.8, 4) is 0 Å². The molecule has 7 heavy (non-hydrogen) atoms. The summed E-state index contributed by atoms with van der Waals surface area (Å²) >= 11 is 0.316. The molecular formula is C5H12AlO. The van der Waals surface area contributed by atoms with E-state index in [4.69, 9.17) is 3.79 Å². The summed E-state index contributed by atoms with van der Waals surface area (Å²) in [5.41, 5.74) is 0. The van der Waals surface area contributed by atoms with E-state index in [0.29, 0.717) is 15.6 Å². The lowest BCUT2D eigenvalue weighted by atomic mass is 10.5. The highest BCUT2D eigenvalue weighted by Crippen LogP contribution is 1.79. The van der Waals surface area contributed by atoms with Crippen LogP contribution in [0.25, 0.3) is 0 Å². The molecule has 2 heteroatoms. The molecule has 0 aliphatic carbocycles.